The lowest BCUT2D eigenvalue weighted by molar-refractivity contribution is -0.135. The van der Waals surface area contributed by atoms with E-state index in [2.05, 4.69) is 37.8 Å². The van der Waals surface area contributed by atoms with Crippen LogP contribution in [0.2, 0.25) is 0 Å². The summed E-state index contributed by atoms with van der Waals surface area (Å²) >= 11 is 0. The Morgan fingerprint density at radius 2 is 2.08 bits per heavy atom. The van der Waals surface area contributed by atoms with Crippen LogP contribution in [-0.2, 0) is 20.9 Å². The van der Waals surface area contributed by atoms with Crippen molar-refractivity contribution in [2.24, 2.45) is 16.3 Å². The van der Waals surface area contributed by atoms with Crippen LogP contribution in [0, 0.1) is 11.3 Å². The number of H-pyrrole nitrogens is 1. The summed E-state index contributed by atoms with van der Waals surface area (Å²) in [6.07, 6.45) is 11.3. The maximum absolute atomic E-state index is 12.9. The lowest BCUT2D eigenvalue weighted by Crippen LogP contribution is -2.47. The molecule has 11 nitrogen and oxygen atoms in total. The third-order valence-corrected chi connectivity index (χ3v) is 5.96. The molecule has 0 saturated heterocycles. The number of aromatic amines is 1. The van der Waals surface area contributed by atoms with Gasteiger partial charge in [-0.1, -0.05) is 53.2 Å². The highest BCUT2D eigenvalue weighted by molar-refractivity contribution is 6.42. The maximum Gasteiger partial charge on any atom is 0.408 e. The number of ketones is 1. The molecule has 3 N–H and O–H groups in total. The predicted octanol–water partition coefficient (Wildman–Crippen LogP) is 4.13. The van der Waals surface area contributed by atoms with E-state index in [-0.39, 0.29) is 5.82 Å². The molecule has 3 atom stereocenters. The summed E-state index contributed by atoms with van der Waals surface area (Å²) in [5, 5.41) is 16.0. The summed E-state index contributed by atoms with van der Waals surface area (Å²) in [6, 6.07) is 2.25. The summed E-state index contributed by atoms with van der Waals surface area (Å²) in [5.41, 5.74) is 1.46. The van der Waals surface area contributed by atoms with Crippen molar-refractivity contribution in [2.45, 2.75) is 72.6 Å². The first-order chi connectivity index (χ1) is 18.1. The van der Waals surface area contributed by atoms with Crippen molar-refractivity contribution in [3.05, 3.63) is 48.6 Å². The van der Waals surface area contributed by atoms with Crippen molar-refractivity contribution in [1.29, 1.82) is 0 Å². The Kier molecular flexibility index (Phi) is 9.75. The molecule has 2 aromatic heterocycles. The van der Waals surface area contributed by atoms with Crippen LogP contribution in [0.5, 0.6) is 0 Å². The molecular formula is C27H37N7O4. The van der Waals surface area contributed by atoms with Gasteiger partial charge in [-0.15, -0.1) is 0 Å². The van der Waals surface area contributed by atoms with Crippen molar-refractivity contribution in [2.75, 3.05) is 5.32 Å². The number of ether oxygens (including phenoxy) is 1. The molecule has 0 bridgehead atoms. The number of Topliss-reactive ketones (excluding diaryl/α,β-unsaturated/α-hetero) is 1. The van der Waals surface area contributed by atoms with Crippen LogP contribution >= 0.6 is 0 Å². The molecule has 2 unspecified atom stereocenters. The van der Waals surface area contributed by atoms with Crippen LogP contribution in [0.1, 0.15) is 59.6 Å². The molecule has 2 aromatic rings. The van der Waals surface area contributed by atoms with Crippen molar-refractivity contribution in [3.8, 4) is 0 Å². The van der Waals surface area contributed by atoms with Crippen molar-refractivity contribution in [3.63, 3.8) is 0 Å². The first-order valence-electron chi connectivity index (χ1n) is 12.8. The minimum atomic E-state index is -1.19. The van der Waals surface area contributed by atoms with Crippen LogP contribution in [0.4, 0.5) is 10.6 Å². The first kappa shape index (κ1) is 28.5. The summed E-state index contributed by atoms with van der Waals surface area (Å²) in [4.78, 5) is 42.6. The van der Waals surface area contributed by atoms with Gasteiger partial charge in [0, 0.05) is 30.1 Å². The van der Waals surface area contributed by atoms with Crippen LogP contribution in [-0.4, -0.2) is 56.1 Å². The zero-order chi connectivity index (χ0) is 27.7. The number of hydrogen-bond acceptors (Lipinski definition) is 7. The monoisotopic (exact) mass is 523 g/mol. The molecule has 1 aliphatic rings. The van der Waals surface area contributed by atoms with E-state index in [1.54, 1.807) is 10.8 Å². The zero-order valence-electron chi connectivity index (χ0n) is 22.6. The highest BCUT2D eigenvalue weighted by Gasteiger charge is 2.32. The fraction of sp³-hybridized carbons (Fsp3) is 0.481. The number of aromatic nitrogens is 4. The number of anilines is 1. The first-order valence-corrected chi connectivity index (χ1v) is 12.8. The molecule has 0 saturated carbocycles. The van der Waals surface area contributed by atoms with Gasteiger partial charge in [0.2, 0.25) is 5.78 Å². The largest absolute Gasteiger partial charge is 0.444 e. The van der Waals surface area contributed by atoms with Gasteiger partial charge in [-0.25, -0.2) is 4.79 Å². The Morgan fingerprint density at radius 1 is 1.29 bits per heavy atom. The highest BCUT2D eigenvalue weighted by atomic mass is 16.6. The summed E-state index contributed by atoms with van der Waals surface area (Å²) in [5.74, 6) is -1.09. The molecule has 0 aliphatic carbocycles. The van der Waals surface area contributed by atoms with E-state index in [9.17, 15) is 14.4 Å². The second-order valence-electron chi connectivity index (χ2n) is 10.4. The number of alkyl carbamates (subject to hydrolysis) is 1. The van der Waals surface area contributed by atoms with Crippen LogP contribution < -0.4 is 10.6 Å². The fourth-order valence-electron chi connectivity index (χ4n) is 3.74. The average Bonchev–Trinajstić information content (AvgIpc) is 3.54. The van der Waals surface area contributed by atoms with Crippen molar-refractivity contribution >= 4 is 35.4 Å². The number of unbranched alkanes of at least 4 members (excludes halogenated alkanes) is 1. The number of amides is 2. The van der Waals surface area contributed by atoms with E-state index in [0.717, 1.165) is 24.1 Å². The molecule has 0 spiro atoms. The van der Waals surface area contributed by atoms with Gasteiger partial charge >= 0.3 is 6.09 Å². The van der Waals surface area contributed by atoms with Crippen molar-refractivity contribution < 1.29 is 19.1 Å². The summed E-state index contributed by atoms with van der Waals surface area (Å²) < 4.78 is 7.52. The number of aliphatic imine (C=N–C) groups is 1. The van der Waals surface area contributed by atoms with E-state index >= 15 is 0 Å². The van der Waals surface area contributed by atoms with Crippen LogP contribution in [0.15, 0.2) is 47.9 Å². The second-order valence-corrected chi connectivity index (χ2v) is 10.4. The topological polar surface area (TPSA) is 143 Å². The lowest BCUT2D eigenvalue weighted by Gasteiger charge is -2.30. The summed E-state index contributed by atoms with van der Waals surface area (Å²) in [6.45, 7) is 10.3. The number of nitrogens with one attached hydrogen (secondary N) is 3. The van der Waals surface area contributed by atoms with Crippen LogP contribution in [0.3, 0.4) is 0 Å². The molecular weight excluding hydrogens is 486 g/mol. The van der Waals surface area contributed by atoms with Crippen molar-refractivity contribution in [1.82, 2.24) is 25.3 Å². The Bertz CT molecular complexity index is 1190. The van der Waals surface area contributed by atoms with E-state index < -0.39 is 35.3 Å². The Labute approximate surface area is 222 Å². The molecule has 0 radical (unpaired) electrons. The van der Waals surface area contributed by atoms with Gasteiger partial charge in [0.05, 0.1) is 18.4 Å². The molecule has 0 aromatic carbocycles. The number of nitrogens with zero attached hydrogens (tertiary/aromatic N) is 4. The Balaban J connectivity index is 1.68. The molecule has 204 valence electrons. The van der Waals surface area contributed by atoms with Gasteiger partial charge in [-0.05, 0) is 30.4 Å². The van der Waals surface area contributed by atoms with Gasteiger partial charge in [0.15, 0.2) is 0 Å². The SMILES string of the molecule is CCC/C=C/C(NC(=O)O[C@H](Cn1ccc(C2=CN=CC(C)C2)n1)C(C)(C)C)C(=O)C(=O)Nc1ccn[nH]1. The van der Waals surface area contributed by atoms with Crippen LogP contribution in [0.25, 0.3) is 5.57 Å². The minimum absolute atomic E-state index is 0.277. The standard InChI is InChI=1S/C27H37N7O4/c1-6-7-8-9-21(24(35)25(36)31-23-10-12-29-32-23)30-26(37)38-22(27(3,4)5)17-34-13-11-20(33-34)19-14-18(2)15-28-16-19/h8-13,15-16,18,21-22H,6-7,14,17H2,1-5H3,(H,30,37)(H2,29,31,32,36)/b9-8+/t18?,21?,22-/m1/s1. The average molecular weight is 524 g/mol. The van der Waals surface area contributed by atoms with Gasteiger partial charge in [-0.3, -0.25) is 24.4 Å². The molecule has 0 fully saturated rings. The number of hydrogen-bond donors (Lipinski definition) is 3. The third-order valence-electron chi connectivity index (χ3n) is 5.96. The number of carbonyl (C=O) groups is 3. The van der Waals surface area contributed by atoms with E-state index in [0.29, 0.717) is 18.9 Å². The Morgan fingerprint density at radius 3 is 2.74 bits per heavy atom. The van der Waals surface area contributed by atoms with Gasteiger partial charge in [0.1, 0.15) is 18.0 Å². The van der Waals surface area contributed by atoms with E-state index in [1.807, 2.05) is 52.4 Å². The van der Waals surface area contributed by atoms with Gasteiger partial charge in [-0.2, -0.15) is 10.2 Å². The smallest absolute Gasteiger partial charge is 0.408 e. The molecule has 2 amide bonds. The van der Waals surface area contributed by atoms with Gasteiger partial charge in [0.25, 0.3) is 5.91 Å². The number of carbonyl (C=O) groups excluding carboxylic acids is 3. The normalized spacial score (nSPS) is 17.1. The van der Waals surface area contributed by atoms with E-state index in [1.165, 1.54) is 18.3 Å². The minimum Gasteiger partial charge on any atom is -0.444 e. The second kappa shape index (κ2) is 13.0. The fourth-order valence-corrected chi connectivity index (χ4v) is 3.74. The molecule has 38 heavy (non-hydrogen) atoms. The highest BCUT2D eigenvalue weighted by Crippen LogP contribution is 2.26. The quantitative estimate of drug-likeness (QED) is 0.298. The molecule has 11 heteroatoms. The zero-order valence-corrected chi connectivity index (χ0v) is 22.6. The Hall–Kier alpha value is -4.02. The maximum atomic E-state index is 12.9. The number of allylic oxidation sites excluding steroid dienone is 2. The molecule has 3 heterocycles. The predicted molar refractivity (Wildman–Crippen MR) is 145 cm³/mol. The van der Waals surface area contributed by atoms with Gasteiger partial charge < -0.3 is 15.4 Å². The number of rotatable bonds is 11. The molecule has 1 aliphatic heterocycles. The van der Waals surface area contributed by atoms with E-state index in [4.69, 9.17) is 4.74 Å². The lowest BCUT2D eigenvalue weighted by atomic mass is 9.89. The third kappa shape index (κ3) is 8.25. The molecule has 3 rings (SSSR count). The summed E-state index contributed by atoms with van der Waals surface area (Å²) in [7, 11) is 0.